The van der Waals surface area contributed by atoms with Gasteiger partial charge in [0, 0.05) is 23.7 Å². The Balaban J connectivity index is 1.29. The molecular formula is C27H44O4. The van der Waals surface area contributed by atoms with E-state index in [1.165, 1.54) is 19.3 Å². The number of fused-ring (bicyclic) bond motifs is 7. The van der Waals surface area contributed by atoms with Crippen LogP contribution in [-0.4, -0.2) is 40.9 Å². The molecule has 0 unspecified atom stereocenters. The lowest BCUT2D eigenvalue weighted by molar-refractivity contribution is -0.274. The number of aliphatic hydroxyl groups excluding tert-OH is 2. The van der Waals surface area contributed by atoms with Crippen molar-refractivity contribution in [3.05, 3.63) is 0 Å². The van der Waals surface area contributed by atoms with Gasteiger partial charge in [0.05, 0.1) is 24.9 Å². The summed E-state index contributed by atoms with van der Waals surface area (Å²) >= 11 is 0. The predicted octanol–water partition coefficient (Wildman–Crippen LogP) is 4.76. The summed E-state index contributed by atoms with van der Waals surface area (Å²) in [6.07, 6.45) is 9.70. The second-order valence-corrected chi connectivity index (χ2v) is 13.2. The van der Waals surface area contributed by atoms with E-state index in [1.54, 1.807) is 0 Å². The Morgan fingerprint density at radius 2 is 1.68 bits per heavy atom. The summed E-state index contributed by atoms with van der Waals surface area (Å²) < 4.78 is 13.3. The molecule has 2 aliphatic heterocycles. The van der Waals surface area contributed by atoms with Crippen molar-refractivity contribution in [1.29, 1.82) is 0 Å². The first-order valence-electron chi connectivity index (χ1n) is 13.4. The van der Waals surface area contributed by atoms with Crippen LogP contribution in [0.15, 0.2) is 0 Å². The van der Waals surface area contributed by atoms with Crippen LogP contribution < -0.4 is 0 Å². The quantitative estimate of drug-likeness (QED) is 0.579. The monoisotopic (exact) mass is 432 g/mol. The van der Waals surface area contributed by atoms with E-state index in [0.717, 1.165) is 45.1 Å². The van der Waals surface area contributed by atoms with Gasteiger partial charge < -0.3 is 19.7 Å². The average molecular weight is 433 g/mol. The summed E-state index contributed by atoms with van der Waals surface area (Å²) in [5.74, 6) is 3.46. The average Bonchev–Trinajstić information content (AvgIpc) is 3.18. The summed E-state index contributed by atoms with van der Waals surface area (Å²) in [6, 6.07) is 0. The van der Waals surface area contributed by atoms with Gasteiger partial charge >= 0.3 is 0 Å². The van der Waals surface area contributed by atoms with Crippen molar-refractivity contribution in [3.8, 4) is 0 Å². The molecule has 0 bridgehead atoms. The Morgan fingerprint density at radius 1 is 0.871 bits per heavy atom. The highest BCUT2D eigenvalue weighted by atomic mass is 16.7. The molecule has 0 aromatic heterocycles. The van der Waals surface area contributed by atoms with E-state index in [0.29, 0.717) is 46.8 Å². The molecule has 2 N–H and O–H groups in total. The molecule has 2 saturated heterocycles. The third-order valence-corrected chi connectivity index (χ3v) is 12.0. The van der Waals surface area contributed by atoms with Crippen LogP contribution in [0.3, 0.4) is 0 Å². The summed E-state index contributed by atoms with van der Waals surface area (Å²) in [5.41, 5.74) is 0.233. The molecule has 0 radical (unpaired) electrons. The predicted molar refractivity (Wildman–Crippen MR) is 119 cm³/mol. The van der Waals surface area contributed by atoms with Crippen molar-refractivity contribution in [1.82, 2.24) is 0 Å². The van der Waals surface area contributed by atoms with E-state index < -0.39 is 5.79 Å². The Labute approximate surface area is 188 Å². The molecule has 0 aromatic carbocycles. The first kappa shape index (κ1) is 21.4. The van der Waals surface area contributed by atoms with Gasteiger partial charge in [-0.3, -0.25) is 0 Å². The van der Waals surface area contributed by atoms with Crippen molar-refractivity contribution >= 4 is 0 Å². The Hall–Kier alpha value is -0.160. The largest absolute Gasteiger partial charge is 0.393 e. The zero-order valence-corrected chi connectivity index (χ0v) is 20.1. The minimum absolute atomic E-state index is 0.0570. The second-order valence-electron chi connectivity index (χ2n) is 13.2. The van der Waals surface area contributed by atoms with Gasteiger partial charge in [-0.05, 0) is 86.4 Å². The van der Waals surface area contributed by atoms with E-state index in [4.69, 9.17) is 9.47 Å². The van der Waals surface area contributed by atoms with E-state index in [-0.39, 0.29) is 23.7 Å². The first-order valence-corrected chi connectivity index (χ1v) is 13.4. The van der Waals surface area contributed by atoms with Crippen LogP contribution in [0.4, 0.5) is 0 Å². The number of aliphatic hydroxyl groups is 2. The fourth-order valence-electron chi connectivity index (χ4n) is 10.2. The summed E-state index contributed by atoms with van der Waals surface area (Å²) in [6.45, 7) is 10.3. The fraction of sp³-hybridized carbons (Fsp3) is 1.00. The number of hydrogen-bond acceptors (Lipinski definition) is 4. The molecule has 4 heteroatoms. The van der Waals surface area contributed by atoms with Crippen molar-refractivity contribution in [2.75, 3.05) is 6.61 Å². The Bertz CT molecular complexity index is 716. The molecule has 4 aliphatic carbocycles. The molecule has 2 heterocycles. The molecule has 13 atom stereocenters. The van der Waals surface area contributed by atoms with E-state index in [2.05, 4.69) is 27.7 Å². The molecule has 31 heavy (non-hydrogen) atoms. The summed E-state index contributed by atoms with van der Waals surface area (Å²) in [4.78, 5) is 0. The maximum absolute atomic E-state index is 11.8. The fourth-order valence-corrected chi connectivity index (χ4v) is 10.2. The van der Waals surface area contributed by atoms with Crippen LogP contribution in [0.1, 0.15) is 85.5 Å². The zero-order chi connectivity index (χ0) is 21.8. The smallest absolute Gasteiger partial charge is 0.171 e. The molecule has 176 valence electrons. The standard InChI is InChI=1S/C27H44O4/c1-15-7-10-27(30-14-15)16(2)24-22(31-27)12-21-19-6-5-17-11-18(28)8-9-25(17,3)20(19)13-23(29)26(21,24)4/h15-24,28-29H,5-14H2,1-4H3/t15-,16+,17-,18+,19-,20+,21+,22+,23-,24+,25+,26-,27-/m1/s1. The minimum atomic E-state index is -0.407. The van der Waals surface area contributed by atoms with Gasteiger partial charge in [-0.25, -0.2) is 0 Å². The maximum Gasteiger partial charge on any atom is 0.171 e. The minimum Gasteiger partial charge on any atom is -0.393 e. The molecule has 4 saturated carbocycles. The van der Waals surface area contributed by atoms with Gasteiger partial charge in [0.25, 0.3) is 0 Å². The lowest BCUT2D eigenvalue weighted by Crippen LogP contribution is -2.59. The second kappa shape index (κ2) is 6.93. The maximum atomic E-state index is 11.8. The summed E-state index contributed by atoms with van der Waals surface area (Å²) in [5, 5.41) is 22.1. The molecule has 6 aliphatic rings. The zero-order valence-electron chi connectivity index (χ0n) is 20.1. The van der Waals surface area contributed by atoms with Gasteiger partial charge in [-0.15, -0.1) is 0 Å². The SMILES string of the molecule is C[C@@H]1CC[C@@]2(OC1)O[C@H]1C[C@H]3[C@@H]4CC[C@@H]5C[C@@H](O)CC[C@]5(C)[C@H]4C[C@@H](O)[C@]3(C)[C@H]1[C@@H]2C. The third kappa shape index (κ3) is 2.74. The van der Waals surface area contributed by atoms with E-state index in [9.17, 15) is 10.2 Å². The molecule has 1 spiro atoms. The van der Waals surface area contributed by atoms with Crippen LogP contribution in [-0.2, 0) is 9.47 Å². The highest BCUT2D eigenvalue weighted by Crippen LogP contribution is 2.71. The van der Waals surface area contributed by atoms with E-state index in [1.807, 2.05) is 0 Å². The van der Waals surface area contributed by atoms with Gasteiger partial charge in [-0.1, -0.05) is 27.7 Å². The summed E-state index contributed by atoms with van der Waals surface area (Å²) in [7, 11) is 0. The third-order valence-electron chi connectivity index (χ3n) is 12.0. The van der Waals surface area contributed by atoms with Crippen LogP contribution in [0.5, 0.6) is 0 Å². The van der Waals surface area contributed by atoms with Gasteiger partial charge in [0.1, 0.15) is 0 Å². The topological polar surface area (TPSA) is 58.9 Å². The molecule has 6 fully saturated rings. The van der Waals surface area contributed by atoms with Crippen molar-refractivity contribution < 1.29 is 19.7 Å². The molecule has 0 amide bonds. The number of hydrogen-bond donors (Lipinski definition) is 2. The van der Waals surface area contributed by atoms with Crippen molar-refractivity contribution in [2.45, 2.75) is 110 Å². The normalized spacial score (nSPS) is 63.3. The van der Waals surface area contributed by atoms with Gasteiger partial charge in [-0.2, -0.15) is 0 Å². The Morgan fingerprint density at radius 3 is 2.42 bits per heavy atom. The molecule has 0 aromatic rings. The lowest BCUT2D eigenvalue weighted by atomic mass is 9.43. The molecular weight excluding hydrogens is 388 g/mol. The highest BCUT2D eigenvalue weighted by molar-refractivity contribution is 5.17. The van der Waals surface area contributed by atoms with Crippen molar-refractivity contribution in [3.63, 3.8) is 0 Å². The van der Waals surface area contributed by atoms with Crippen molar-refractivity contribution in [2.24, 2.45) is 52.3 Å². The number of rotatable bonds is 0. The van der Waals surface area contributed by atoms with Gasteiger partial charge in [0.15, 0.2) is 5.79 Å². The van der Waals surface area contributed by atoms with Crippen LogP contribution >= 0.6 is 0 Å². The molecule has 4 nitrogen and oxygen atoms in total. The van der Waals surface area contributed by atoms with Crippen LogP contribution in [0.2, 0.25) is 0 Å². The first-order chi connectivity index (χ1) is 14.7. The Kier molecular flexibility index (Phi) is 4.78. The highest BCUT2D eigenvalue weighted by Gasteiger charge is 2.71. The van der Waals surface area contributed by atoms with Crippen LogP contribution in [0, 0.1) is 52.3 Å². The number of ether oxygens (including phenoxy) is 2. The lowest BCUT2D eigenvalue weighted by Gasteiger charge is -2.62. The molecule has 6 rings (SSSR count). The van der Waals surface area contributed by atoms with Crippen LogP contribution in [0.25, 0.3) is 0 Å². The van der Waals surface area contributed by atoms with Gasteiger partial charge in [0.2, 0.25) is 0 Å². The van der Waals surface area contributed by atoms with E-state index >= 15 is 0 Å².